The van der Waals surface area contributed by atoms with E-state index in [0.717, 1.165) is 24.3 Å². The van der Waals surface area contributed by atoms with Crippen LogP contribution in [0, 0.1) is 6.92 Å². The van der Waals surface area contributed by atoms with Gasteiger partial charge in [-0.3, -0.25) is 14.5 Å². The highest BCUT2D eigenvalue weighted by Crippen LogP contribution is 2.48. The third-order valence-electron chi connectivity index (χ3n) is 6.86. The predicted molar refractivity (Wildman–Crippen MR) is 156 cm³/mol. The fraction of sp³-hybridized carbons (Fsp3) is 0.267. The molecule has 1 unspecified atom stereocenters. The molecule has 3 aromatic carbocycles. The Labute approximate surface area is 238 Å². The molecule has 4 rings (SSSR count). The second-order valence-electron chi connectivity index (χ2n) is 9.06. The van der Waals surface area contributed by atoms with Gasteiger partial charge in [0.2, 0.25) is 0 Å². The zero-order valence-electron chi connectivity index (χ0n) is 22.4. The number of methoxy groups -OCH3 is 2. The summed E-state index contributed by atoms with van der Waals surface area (Å²) in [5, 5.41) is 11.8. The number of anilines is 2. The van der Waals surface area contributed by atoms with Crippen molar-refractivity contribution >= 4 is 52.0 Å². The molecular formula is C30H30Cl2N2O5. The fourth-order valence-electron chi connectivity index (χ4n) is 4.94. The van der Waals surface area contributed by atoms with Crippen molar-refractivity contribution in [1.82, 2.24) is 0 Å². The first-order chi connectivity index (χ1) is 18.7. The van der Waals surface area contributed by atoms with Gasteiger partial charge in [0.1, 0.15) is 10.8 Å². The lowest BCUT2D eigenvalue weighted by molar-refractivity contribution is -0.132. The van der Waals surface area contributed by atoms with E-state index in [4.69, 9.17) is 32.7 Å². The Balaban J connectivity index is 1.98. The third kappa shape index (κ3) is 5.04. The molecule has 0 bridgehead atoms. The molecule has 9 heteroatoms. The fourth-order valence-corrected chi connectivity index (χ4v) is 5.63. The molecule has 1 aliphatic rings. The summed E-state index contributed by atoms with van der Waals surface area (Å²) in [6.45, 7) is 7.71. The largest absolute Gasteiger partial charge is 0.507 e. The van der Waals surface area contributed by atoms with E-state index >= 15 is 0 Å². The highest BCUT2D eigenvalue weighted by molar-refractivity contribution is 6.52. The van der Waals surface area contributed by atoms with Gasteiger partial charge >= 0.3 is 0 Å². The topological polar surface area (TPSA) is 79.3 Å². The van der Waals surface area contributed by atoms with Crippen LogP contribution in [0.1, 0.15) is 36.6 Å². The molecule has 1 fully saturated rings. The van der Waals surface area contributed by atoms with Crippen molar-refractivity contribution in [2.75, 3.05) is 37.1 Å². The van der Waals surface area contributed by atoms with Crippen molar-refractivity contribution in [3.8, 4) is 11.5 Å². The van der Waals surface area contributed by atoms with Crippen LogP contribution in [0.2, 0.25) is 10.0 Å². The van der Waals surface area contributed by atoms with Crippen LogP contribution in [-0.2, 0) is 9.59 Å². The molecule has 3 aromatic rings. The predicted octanol–water partition coefficient (Wildman–Crippen LogP) is 6.79. The molecular weight excluding hydrogens is 539 g/mol. The van der Waals surface area contributed by atoms with E-state index in [0.29, 0.717) is 11.3 Å². The maximum atomic E-state index is 13.6. The van der Waals surface area contributed by atoms with Gasteiger partial charge in [-0.2, -0.15) is 0 Å². The minimum atomic E-state index is -0.915. The zero-order chi connectivity index (χ0) is 28.4. The Morgan fingerprint density at radius 3 is 2.18 bits per heavy atom. The number of amides is 1. The van der Waals surface area contributed by atoms with Gasteiger partial charge in [-0.15, -0.1) is 0 Å². The van der Waals surface area contributed by atoms with Crippen LogP contribution in [0.5, 0.6) is 11.5 Å². The number of aliphatic hydroxyl groups is 1. The van der Waals surface area contributed by atoms with Crippen molar-refractivity contribution in [2.45, 2.75) is 26.8 Å². The number of hydrogen-bond donors (Lipinski definition) is 1. The monoisotopic (exact) mass is 568 g/mol. The van der Waals surface area contributed by atoms with Gasteiger partial charge < -0.3 is 19.5 Å². The first kappa shape index (κ1) is 28.3. The first-order valence-electron chi connectivity index (χ1n) is 12.5. The van der Waals surface area contributed by atoms with Gasteiger partial charge in [0.05, 0.1) is 36.4 Å². The number of aryl methyl sites for hydroxylation is 1. The zero-order valence-corrected chi connectivity index (χ0v) is 23.9. The van der Waals surface area contributed by atoms with Gasteiger partial charge in [-0.25, -0.2) is 0 Å². The van der Waals surface area contributed by atoms with Gasteiger partial charge in [-0.1, -0.05) is 47.5 Å². The van der Waals surface area contributed by atoms with E-state index in [1.165, 1.54) is 25.2 Å². The SMILES string of the molecule is CCN(CC)c1ccc(C2/C(=C(\O)c3cc(Cl)c(OC)c(Cl)c3OC)C(=O)C(=O)N2c2cccc(C)c2)cc1. The lowest BCUT2D eigenvalue weighted by Gasteiger charge is -2.27. The summed E-state index contributed by atoms with van der Waals surface area (Å²) in [5.74, 6) is -1.82. The number of Topliss-reactive ketones (excluding diaryl/α,β-unsaturated/α-hetero) is 1. The van der Waals surface area contributed by atoms with E-state index in [9.17, 15) is 14.7 Å². The minimum Gasteiger partial charge on any atom is -0.507 e. The van der Waals surface area contributed by atoms with Crippen LogP contribution in [-0.4, -0.2) is 44.1 Å². The van der Waals surface area contributed by atoms with Crippen LogP contribution in [0.4, 0.5) is 11.4 Å². The second-order valence-corrected chi connectivity index (χ2v) is 9.84. The van der Waals surface area contributed by atoms with Crippen LogP contribution >= 0.6 is 23.2 Å². The van der Waals surface area contributed by atoms with Crippen molar-refractivity contribution < 1.29 is 24.2 Å². The molecule has 0 aliphatic carbocycles. The number of aliphatic hydroxyl groups excluding tert-OH is 1. The van der Waals surface area contributed by atoms with E-state index < -0.39 is 23.5 Å². The summed E-state index contributed by atoms with van der Waals surface area (Å²) in [5.41, 5.74) is 3.07. The number of carbonyl (C=O) groups excluding carboxylic acids is 2. The van der Waals surface area contributed by atoms with E-state index in [2.05, 4.69) is 18.7 Å². The number of nitrogens with zero attached hydrogens (tertiary/aromatic N) is 2. The molecule has 204 valence electrons. The Morgan fingerprint density at radius 2 is 1.62 bits per heavy atom. The lowest BCUT2D eigenvalue weighted by atomic mass is 9.94. The Bertz CT molecular complexity index is 1450. The van der Waals surface area contributed by atoms with Crippen LogP contribution in [0.3, 0.4) is 0 Å². The number of carbonyl (C=O) groups is 2. The maximum absolute atomic E-state index is 13.6. The number of ketones is 1. The average molecular weight is 569 g/mol. The summed E-state index contributed by atoms with van der Waals surface area (Å²) in [4.78, 5) is 30.7. The summed E-state index contributed by atoms with van der Waals surface area (Å²) >= 11 is 12.9. The summed E-state index contributed by atoms with van der Waals surface area (Å²) in [6.07, 6.45) is 0. The summed E-state index contributed by atoms with van der Waals surface area (Å²) in [6, 6.07) is 15.4. The van der Waals surface area contributed by atoms with Gasteiger partial charge in [-0.05, 0) is 62.2 Å². The number of hydrogen-bond acceptors (Lipinski definition) is 6. The molecule has 1 aliphatic heterocycles. The standard InChI is InChI=1S/C30H30Cl2N2O5/c1-6-33(7-2)19-13-11-18(12-14-19)25-23(27(36)30(37)34(25)20-10-8-9-17(3)15-20)26(35)21-16-22(31)29(39-5)24(32)28(21)38-4/h8-16,25,35H,6-7H2,1-5H3/b26-23+. The van der Waals surface area contributed by atoms with Gasteiger partial charge in [0.25, 0.3) is 11.7 Å². The van der Waals surface area contributed by atoms with Gasteiger partial charge in [0.15, 0.2) is 11.5 Å². The van der Waals surface area contributed by atoms with Crippen molar-refractivity contribution in [3.63, 3.8) is 0 Å². The summed E-state index contributed by atoms with van der Waals surface area (Å²) in [7, 11) is 2.78. The Hall–Kier alpha value is -3.68. The molecule has 1 heterocycles. The van der Waals surface area contributed by atoms with E-state index in [1.54, 1.807) is 6.07 Å². The third-order valence-corrected chi connectivity index (χ3v) is 7.48. The van der Waals surface area contributed by atoms with Crippen molar-refractivity contribution in [3.05, 3.63) is 86.9 Å². The highest BCUT2D eigenvalue weighted by atomic mass is 35.5. The number of ether oxygens (including phenoxy) is 2. The Morgan fingerprint density at radius 1 is 0.974 bits per heavy atom. The molecule has 0 saturated carbocycles. The maximum Gasteiger partial charge on any atom is 0.300 e. The second kappa shape index (κ2) is 11.6. The normalized spacial score (nSPS) is 16.5. The minimum absolute atomic E-state index is 0.0297. The molecule has 0 aromatic heterocycles. The number of benzene rings is 3. The van der Waals surface area contributed by atoms with Crippen molar-refractivity contribution in [1.29, 1.82) is 0 Å². The molecule has 39 heavy (non-hydrogen) atoms. The van der Waals surface area contributed by atoms with Crippen molar-refractivity contribution in [2.24, 2.45) is 0 Å². The number of rotatable bonds is 8. The highest BCUT2D eigenvalue weighted by Gasteiger charge is 2.47. The van der Waals surface area contributed by atoms with Crippen LogP contribution in [0.15, 0.2) is 60.2 Å². The lowest BCUT2D eigenvalue weighted by Crippen LogP contribution is -2.29. The smallest absolute Gasteiger partial charge is 0.300 e. The quantitative estimate of drug-likeness (QED) is 0.183. The molecule has 1 atom stereocenters. The molecule has 0 radical (unpaired) electrons. The van der Waals surface area contributed by atoms with Crippen LogP contribution in [0.25, 0.3) is 5.76 Å². The molecule has 1 saturated heterocycles. The van der Waals surface area contributed by atoms with E-state index in [1.807, 2.05) is 49.4 Å². The molecule has 0 spiro atoms. The average Bonchev–Trinajstić information content (AvgIpc) is 3.19. The van der Waals surface area contributed by atoms with E-state index in [-0.39, 0.29) is 32.7 Å². The molecule has 7 nitrogen and oxygen atoms in total. The first-order valence-corrected chi connectivity index (χ1v) is 13.3. The molecule has 1 amide bonds. The summed E-state index contributed by atoms with van der Waals surface area (Å²) < 4.78 is 10.7. The van der Waals surface area contributed by atoms with Gasteiger partial charge in [0, 0.05) is 24.5 Å². The molecule has 1 N–H and O–H groups in total. The Kier molecular flexibility index (Phi) is 8.42. The van der Waals surface area contributed by atoms with Crippen LogP contribution < -0.4 is 19.3 Å². The number of halogens is 2.